The number of hydrogen-bond acceptors (Lipinski definition) is 8. The molecule has 1 unspecified atom stereocenters. The molecule has 0 aliphatic heterocycles. The van der Waals surface area contributed by atoms with Crippen LogP contribution in [0.5, 0.6) is 0 Å². The Morgan fingerprint density at radius 1 is 1.50 bits per heavy atom. The summed E-state index contributed by atoms with van der Waals surface area (Å²) in [6.45, 7) is 2.69. The second-order valence-electron chi connectivity index (χ2n) is 4.31. The first-order valence-corrected chi connectivity index (χ1v) is 9.18. The lowest BCUT2D eigenvalue weighted by atomic mass is 10.1. The maximum atomic E-state index is 11.9. The normalized spacial score (nSPS) is 14.8. The Labute approximate surface area is 125 Å². The lowest BCUT2D eigenvalue weighted by molar-refractivity contribution is -0.114. The van der Waals surface area contributed by atoms with E-state index in [1.165, 1.54) is 25.6 Å². The van der Waals surface area contributed by atoms with Gasteiger partial charge in [-0.15, -0.1) is 10.2 Å². The van der Waals surface area contributed by atoms with E-state index in [-0.39, 0.29) is 21.9 Å². The maximum Gasteiger partial charge on any atom is 0.269 e. The van der Waals surface area contributed by atoms with Crippen LogP contribution < -0.4 is 10.0 Å². The van der Waals surface area contributed by atoms with Gasteiger partial charge in [-0.1, -0.05) is 11.3 Å². The third kappa shape index (κ3) is 5.32. The minimum atomic E-state index is -3.85. The van der Waals surface area contributed by atoms with Crippen LogP contribution in [0.15, 0.2) is 4.34 Å². The number of aromatic nitrogens is 2. The Bertz CT molecular complexity index is 570. The summed E-state index contributed by atoms with van der Waals surface area (Å²) in [7, 11) is -3.85. The predicted molar refractivity (Wildman–Crippen MR) is 78.4 cm³/mol. The molecular formula is C9H16N4O4S3. The average molecular weight is 340 g/mol. The fraction of sp³-hybridized carbons (Fsp3) is 0.667. The van der Waals surface area contributed by atoms with E-state index in [0.717, 1.165) is 11.3 Å². The van der Waals surface area contributed by atoms with Crippen LogP contribution in [0.25, 0.3) is 0 Å². The third-order valence-corrected chi connectivity index (χ3v) is 5.54. The largest absolute Gasteiger partial charge is 0.388 e. The molecular weight excluding hydrogens is 324 g/mol. The molecule has 0 bridgehead atoms. The summed E-state index contributed by atoms with van der Waals surface area (Å²) in [6.07, 6.45) is 1.81. The molecule has 0 aromatic carbocycles. The van der Waals surface area contributed by atoms with E-state index >= 15 is 0 Å². The molecule has 20 heavy (non-hydrogen) atoms. The summed E-state index contributed by atoms with van der Waals surface area (Å²) in [5.74, 6) is 0.0314. The van der Waals surface area contributed by atoms with Gasteiger partial charge in [0.15, 0.2) is 0 Å². The van der Waals surface area contributed by atoms with Crippen molar-refractivity contribution in [3.8, 4) is 0 Å². The second-order valence-corrected chi connectivity index (χ2v) is 8.09. The molecule has 1 amide bonds. The fourth-order valence-electron chi connectivity index (χ4n) is 1.19. The third-order valence-electron chi connectivity index (χ3n) is 2.02. The molecule has 0 spiro atoms. The molecule has 0 saturated carbocycles. The predicted octanol–water partition coefficient (Wildman–Crippen LogP) is -0.111. The van der Waals surface area contributed by atoms with Crippen LogP contribution in [-0.2, 0) is 14.8 Å². The van der Waals surface area contributed by atoms with E-state index in [4.69, 9.17) is 0 Å². The van der Waals surface area contributed by atoms with Crippen LogP contribution in [-0.4, -0.2) is 53.8 Å². The smallest absolute Gasteiger partial charge is 0.269 e. The van der Waals surface area contributed by atoms with Gasteiger partial charge >= 0.3 is 0 Å². The number of hydrogen-bond donors (Lipinski definition) is 3. The van der Waals surface area contributed by atoms with Crippen LogP contribution >= 0.6 is 23.1 Å². The molecule has 1 aromatic heterocycles. The van der Waals surface area contributed by atoms with Crippen molar-refractivity contribution in [2.75, 3.05) is 23.9 Å². The summed E-state index contributed by atoms with van der Waals surface area (Å²) in [5.41, 5.74) is -1.16. The molecule has 3 N–H and O–H groups in total. The lowest BCUT2D eigenvalue weighted by Gasteiger charge is -2.21. The fourth-order valence-corrected chi connectivity index (χ4v) is 4.07. The number of anilines is 1. The van der Waals surface area contributed by atoms with Crippen LogP contribution in [0, 0.1) is 0 Å². The second kappa shape index (κ2) is 6.80. The first-order chi connectivity index (χ1) is 9.16. The highest BCUT2D eigenvalue weighted by Gasteiger charge is 2.26. The van der Waals surface area contributed by atoms with E-state index in [2.05, 4.69) is 20.2 Å². The number of carbonyl (C=O) groups is 1. The zero-order valence-corrected chi connectivity index (χ0v) is 13.7. The van der Waals surface area contributed by atoms with E-state index in [1.54, 1.807) is 0 Å². The zero-order valence-electron chi connectivity index (χ0n) is 11.2. The zero-order chi connectivity index (χ0) is 15.4. The molecule has 1 heterocycles. The number of thioether (sulfide) groups is 1. The van der Waals surface area contributed by atoms with Gasteiger partial charge in [-0.25, -0.2) is 13.1 Å². The van der Waals surface area contributed by atoms with Gasteiger partial charge in [0.05, 0.1) is 5.60 Å². The van der Waals surface area contributed by atoms with Gasteiger partial charge in [-0.2, -0.15) is 11.8 Å². The van der Waals surface area contributed by atoms with Crippen molar-refractivity contribution in [3.63, 3.8) is 0 Å². The highest BCUT2D eigenvalue weighted by Crippen LogP contribution is 2.20. The van der Waals surface area contributed by atoms with Crippen LogP contribution in [0.1, 0.15) is 13.8 Å². The first kappa shape index (κ1) is 17.3. The molecule has 0 aliphatic carbocycles. The van der Waals surface area contributed by atoms with Crippen LogP contribution in [0.4, 0.5) is 5.13 Å². The van der Waals surface area contributed by atoms with E-state index in [9.17, 15) is 18.3 Å². The quantitative estimate of drug-likeness (QED) is 0.592. The SMILES string of the molecule is CSCC(C)(O)CNS(=O)(=O)c1nnc(NC(C)=O)s1. The van der Waals surface area contributed by atoms with Gasteiger partial charge in [0, 0.05) is 19.2 Å². The Balaban J connectivity index is 2.74. The van der Waals surface area contributed by atoms with Crippen LogP contribution in [0.3, 0.4) is 0 Å². The Morgan fingerprint density at radius 2 is 2.15 bits per heavy atom. The summed E-state index contributed by atoms with van der Waals surface area (Å²) in [5, 5.41) is 19.4. The first-order valence-electron chi connectivity index (χ1n) is 5.48. The molecule has 11 heteroatoms. The van der Waals surface area contributed by atoms with Crippen LogP contribution in [0.2, 0.25) is 0 Å². The van der Waals surface area contributed by atoms with Crippen molar-refractivity contribution in [1.82, 2.24) is 14.9 Å². The van der Waals surface area contributed by atoms with Crippen molar-refractivity contribution in [1.29, 1.82) is 0 Å². The van der Waals surface area contributed by atoms with Crippen molar-refractivity contribution < 1.29 is 18.3 Å². The minimum Gasteiger partial charge on any atom is -0.388 e. The van der Waals surface area contributed by atoms with Gasteiger partial charge < -0.3 is 10.4 Å². The molecule has 1 atom stereocenters. The number of rotatable bonds is 7. The van der Waals surface area contributed by atoms with Gasteiger partial charge in [0.2, 0.25) is 15.4 Å². The molecule has 114 valence electrons. The topological polar surface area (TPSA) is 121 Å². The average Bonchev–Trinajstić information content (AvgIpc) is 2.75. The Hall–Kier alpha value is -0.750. The van der Waals surface area contributed by atoms with Gasteiger partial charge in [0.1, 0.15) is 0 Å². The summed E-state index contributed by atoms with van der Waals surface area (Å²) < 4.78 is 25.9. The number of carbonyl (C=O) groups excluding carboxylic acids is 1. The van der Waals surface area contributed by atoms with Crippen molar-refractivity contribution in [3.05, 3.63) is 0 Å². The summed E-state index contributed by atoms with van der Waals surface area (Å²) >= 11 is 2.15. The highest BCUT2D eigenvalue weighted by atomic mass is 32.2. The lowest BCUT2D eigenvalue weighted by Crippen LogP contribution is -2.42. The van der Waals surface area contributed by atoms with E-state index in [1.807, 2.05) is 6.26 Å². The monoisotopic (exact) mass is 340 g/mol. The minimum absolute atomic E-state index is 0.105. The molecule has 1 rings (SSSR count). The summed E-state index contributed by atoms with van der Waals surface area (Å²) in [4.78, 5) is 10.8. The molecule has 0 radical (unpaired) electrons. The van der Waals surface area contributed by atoms with Gasteiger partial charge in [-0.05, 0) is 13.2 Å². The number of nitrogens with zero attached hydrogens (tertiary/aromatic N) is 2. The molecule has 0 aliphatic rings. The number of amides is 1. The Kier molecular flexibility index (Phi) is 5.89. The maximum absolute atomic E-state index is 11.9. The van der Waals surface area contributed by atoms with Crippen molar-refractivity contribution in [2.24, 2.45) is 0 Å². The molecule has 0 fully saturated rings. The van der Waals surface area contributed by atoms with E-state index < -0.39 is 15.6 Å². The highest BCUT2D eigenvalue weighted by molar-refractivity contribution is 7.98. The number of nitrogens with one attached hydrogen (secondary N) is 2. The summed E-state index contributed by atoms with van der Waals surface area (Å²) in [6, 6.07) is 0. The van der Waals surface area contributed by atoms with Gasteiger partial charge in [0.25, 0.3) is 10.0 Å². The number of sulfonamides is 1. The molecule has 8 nitrogen and oxygen atoms in total. The van der Waals surface area contributed by atoms with Gasteiger partial charge in [-0.3, -0.25) is 4.79 Å². The Morgan fingerprint density at radius 3 is 2.70 bits per heavy atom. The van der Waals surface area contributed by atoms with Crippen molar-refractivity contribution in [2.45, 2.75) is 23.8 Å². The molecule has 0 saturated heterocycles. The number of aliphatic hydroxyl groups is 1. The van der Waals surface area contributed by atoms with Crippen molar-refractivity contribution >= 4 is 44.2 Å². The standard InChI is InChI=1S/C9H16N4O4S3/c1-6(14)11-7-12-13-8(19-7)20(16,17)10-4-9(2,15)5-18-3/h10,15H,4-5H2,1-3H3,(H,11,12,14). The van der Waals surface area contributed by atoms with E-state index in [0.29, 0.717) is 5.75 Å². The molecule has 1 aromatic rings.